The number of esters is 1. The van der Waals surface area contributed by atoms with Crippen LogP contribution in [0.3, 0.4) is 0 Å². The van der Waals surface area contributed by atoms with Gasteiger partial charge in [-0.1, -0.05) is 12.1 Å². The van der Waals surface area contributed by atoms with E-state index in [0.29, 0.717) is 42.4 Å². The van der Waals surface area contributed by atoms with Crippen molar-refractivity contribution in [2.45, 2.75) is 25.8 Å². The standard InChI is InChI=1S/C30H33NO7/c1-5-37-30(33)21-8-12-24(13-9-21)38-19-26-25-18-28(36-4)27(35-3)17-22(25)14-15-31(26)29(32)16-20-6-10-23(34-2)11-7-20/h6-13,17-18,26H,5,14-16,19H2,1-4H3/t26-/m1/s1. The van der Waals surface area contributed by atoms with E-state index in [4.69, 9.17) is 23.7 Å². The van der Waals surface area contributed by atoms with Gasteiger partial charge in [-0.25, -0.2) is 4.79 Å². The van der Waals surface area contributed by atoms with Crippen LogP contribution in [0.4, 0.5) is 0 Å². The Bertz CT molecular complexity index is 1250. The highest BCUT2D eigenvalue weighted by atomic mass is 16.5. The molecule has 8 nitrogen and oxygen atoms in total. The molecule has 0 aliphatic carbocycles. The molecule has 0 fully saturated rings. The monoisotopic (exact) mass is 519 g/mol. The lowest BCUT2D eigenvalue weighted by Crippen LogP contribution is -2.43. The van der Waals surface area contributed by atoms with Crippen molar-refractivity contribution in [1.29, 1.82) is 0 Å². The fourth-order valence-corrected chi connectivity index (χ4v) is 4.60. The van der Waals surface area contributed by atoms with Crippen LogP contribution in [-0.4, -0.2) is 57.9 Å². The molecule has 1 aliphatic rings. The maximum Gasteiger partial charge on any atom is 0.338 e. The highest BCUT2D eigenvalue weighted by Gasteiger charge is 2.33. The number of methoxy groups -OCH3 is 3. The number of hydrogen-bond acceptors (Lipinski definition) is 7. The van der Waals surface area contributed by atoms with Gasteiger partial charge in [0.05, 0.1) is 46.0 Å². The van der Waals surface area contributed by atoms with E-state index in [1.54, 1.807) is 52.5 Å². The molecule has 0 saturated carbocycles. The smallest absolute Gasteiger partial charge is 0.338 e. The molecule has 0 N–H and O–H groups in total. The first kappa shape index (κ1) is 26.9. The number of carbonyl (C=O) groups is 2. The summed E-state index contributed by atoms with van der Waals surface area (Å²) in [6, 6.07) is 17.9. The minimum Gasteiger partial charge on any atom is -0.497 e. The fraction of sp³-hybridized carbons (Fsp3) is 0.333. The molecular formula is C30H33NO7. The second-order valence-electron chi connectivity index (χ2n) is 8.84. The third kappa shape index (κ3) is 6.02. The van der Waals surface area contributed by atoms with Crippen molar-refractivity contribution >= 4 is 11.9 Å². The van der Waals surface area contributed by atoms with Crippen molar-refractivity contribution in [1.82, 2.24) is 4.90 Å². The zero-order valence-electron chi connectivity index (χ0n) is 22.2. The molecule has 0 aromatic heterocycles. The summed E-state index contributed by atoms with van der Waals surface area (Å²) in [5.74, 6) is 2.21. The van der Waals surface area contributed by atoms with Crippen molar-refractivity contribution < 1.29 is 33.3 Å². The van der Waals surface area contributed by atoms with Crippen LogP contribution in [0.25, 0.3) is 0 Å². The zero-order chi connectivity index (χ0) is 27.1. The fourth-order valence-electron chi connectivity index (χ4n) is 4.60. The predicted octanol–water partition coefficient (Wildman–Crippen LogP) is 4.64. The Labute approximate surface area is 223 Å². The van der Waals surface area contributed by atoms with Crippen molar-refractivity contribution in [2.24, 2.45) is 0 Å². The van der Waals surface area contributed by atoms with E-state index in [1.165, 1.54) is 0 Å². The van der Waals surface area contributed by atoms with Crippen LogP contribution in [0, 0.1) is 0 Å². The van der Waals surface area contributed by atoms with Crippen molar-refractivity contribution in [3.63, 3.8) is 0 Å². The molecule has 0 bridgehead atoms. The highest BCUT2D eigenvalue weighted by molar-refractivity contribution is 5.89. The number of hydrogen-bond donors (Lipinski definition) is 0. The van der Waals surface area contributed by atoms with E-state index in [2.05, 4.69) is 0 Å². The molecule has 0 radical (unpaired) electrons. The molecule has 3 aromatic carbocycles. The number of ether oxygens (including phenoxy) is 5. The molecule has 1 heterocycles. The Morgan fingerprint density at radius 1 is 0.868 bits per heavy atom. The molecule has 0 saturated heterocycles. The topological polar surface area (TPSA) is 83.5 Å². The second-order valence-corrected chi connectivity index (χ2v) is 8.84. The average molecular weight is 520 g/mol. The number of carbonyl (C=O) groups excluding carboxylic acids is 2. The third-order valence-electron chi connectivity index (χ3n) is 6.61. The van der Waals surface area contributed by atoms with E-state index >= 15 is 0 Å². The lowest BCUT2D eigenvalue weighted by Gasteiger charge is -2.37. The Morgan fingerprint density at radius 3 is 2.16 bits per heavy atom. The molecule has 4 rings (SSSR count). The van der Waals surface area contributed by atoms with Gasteiger partial charge in [-0.3, -0.25) is 4.79 Å². The summed E-state index contributed by atoms with van der Waals surface area (Å²) in [6.07, 6.45) is 0.951. The van der Waals surface area contributed by atoms with Gasteiger partial charge in [-0.15, -0.1) is 0 Å². The summed E-state index contributed by atoms with van der Waals surface area (Å²) in [6.45, 7) is 2.86. The summed E-state index contributed by atoms with van der Waals surface area (Å²) in [5.41, 5.74) is 3.40. The molecule has 1 aliphatic heterocycles. The molecule has 1 atom stereocenters. The summed E-state index contributed by atoms with van der Waals surface area (Å²) < 4.78 is 27.5. The van der Waals surface area contributed by atoms with Crippen molar-refractivity contribution in [2.75, 3.05) is 41.1 Å². The average Bonchev–Trinajstić information content (AvgIpc) is 2.95. The van der Waals surface area contributed by atoms with Gasteiger partial charge < -0.3 is 28.6 Å². The van der Waals surface area contributed by atoms with Gasteiger partial charge in [0.15, 0.2) is 11.5 Å². The molecule has 3 aromatic rings. The maximum atomic E-state index is 13.5. The second kappa shape index (κ2) is 12.4. The first-order valence-electron chi connectivity index (χ1n) is 12.5. The molecule has 8 heteroatoms. The van der Waals surface area contributed by atoms with Gasteiger partial charge in [0.25, 0.3) is 0 Å². The highest BCUT2D eigenvalue weighted by Crippen LogP contribution is 2.38. The van der Waals surface area contributed by atoms with Crippen LogP contribution in [0.1, 0.15) is 40.0 Å². The van der Waals surface area contributed by atoms with Gasteiger partial charge >= 0.3 is 5.97 Å². The Balaban J connectivity index is 1.58. The van der Waals surface area contributed by atoms with Crippen LogP contribution in [0.5, 0.6) is 23.0 Å². The molecule has 200 valence electrons. The zero-order valence-corrected chi connectivity index (χ0v) is 22.2. The van der Waals surface area contributed by atoms with E-state index in [0.717, 1.165) is 22.4 Å². The number of fused-ring (bicyclic) bond motifs is 1. The first-order valence-corrected chi connectivity index (χ1v) is 12.5. The van der Waals surface area contributed by atoms with Gasteiger partial charge in [0.1, 0.15) is 18.1 Å². The number of nitrogens with zero attached hydrogens (tertiary/aromatic N) is 1. The molecule has 1 amide bonds. The van der Waals surface area contributed by atoms with E-state index in [1.807, 2.05) is 41.3 Å². The van der Waals surface area contributed by atoms with E-state index < -0.39 is 0 Å². The Morgan fingerprint density at radius 2 is 1.53 bits per heavy atom. The molecule has 0 spiro atoms. The van der Waals surface area contributed by atoms with Crippen molar-refractivity contribution in [3.8, 4) is 23.0 Å². The lowest BCUT2D eigenvalue weighted by molar-refractivity contribution is -0.134. The SMILES string of the molecule is CCOC(=O)c1ccc(OC[C@@H]2c3cc(OC)c(OC)cc3CCN2C(=O)Cc2ccc(OC)cc2)cc1. The van der Waals surface area contributed by atoms with Crippen molar-refractivity contribution in [3.05, 3.63) is 82.9 Å². The van der Waals surface area contributed by atoms with Gasteiger partial charge in [0.2, 0.25) is 5.91 Å². The van der Waals surface area contributed by atoms with Gasteiger partial charge in [-0.05, 0) is 78.6 Å². The predicted molar refractivity (Wildman–Crippen MR) is 142 cm³/mol. The minimum absolute atomic E-state index is 0.00172. The summed E-state index contributed by atoms with van der Waals surface area (Å²) in [7, 11) is 4.82. The Kier molecular flexibility index (Phi) is 8.73. The molecule has 0 unspecified atom stereocenters. The number of rotatable bonds is 10. The number of benzene rings is 3. The lowest BCUT2D eigenvalue weighted by atomic mass is 9.91. The third-order valence-corrected chi connectivity index (χ3v) is 6.61. The summed E-state index contributed by atoms with van der Waals surface area (Å²) in [5, 5.41) is 0. The van der Waals surface area contributed by atoms with Crippen LogP contribution in [0.15, 0.2) is 60.7 Å². The maximum absolute atomic E-state index is 13.5. The van der Waals surface area contributed by atoms with E-state index in [9.17, 15) is 9.59 Å². The normalized spacial score (nSPS) is 14.3. The number of amides is 1. The largest absolute Gasteiger partial charge is 0.497 e. The summed E-state index contributed by atoms with van der Waals surface area (Å²) in [4.78, 5) is 27.4. The van der Waals surface area contributed by atoms with Crippen LogP contribution in [-0.2, 0) is 22.4 Å². The molecule has 38 heavy (non-hydrogen) atoms. The quantitative estimate of drug-likeness (QED) is 0.361. The summed E-state index contributed by atoms with van der Waals surface area (Å²) >= 11 is 0. The van der Waals surface area contributed by atoms with Crippen LogP contribution in [0.2, 0.25) is 0 Å². The molecular weight excluding hydrogens is 486 g/mol. The van der Waals surface area contributed by atoms with Crippen LogP contribution >= 0.6 is 0 Å². The minimum atomic E-state index is -0.378. The Hall–Kier alpha value is -4.20. The first-order chi connectivity index (χ1) is 18.5. The van der Waals surface area contributed by atoms with E-state index in [-0.39, 0.29) is 30.9 Å². The van der Waals surface area contributed by atoms with Gasteiger partial charge in [-0.2, -0.15) is 0 Å². The van der Waals surface area contributed by atoms with Crippen LogP contribution < -0.4 is 18.9 Å². The van der Waals surface area contributed by atoms with Gasteiger partial charge in [0, 0.05) is 6.54 Å².